The molecule has 4 bridgehead atoms. The number of benzene rings is 2. The number of aliphatic carboxylic acids is 1. The number of carboxylic acid groups (broad SMARTS) is 1. The highest BCUT2D eigenvalue weighted by Crippen LogP contribution is 2.60. The summed E-state index contributed by atoms with van der Waals surface area (Å²) in [5.74, 6) is -4.72. The molecule has 4 saturated carbocycles. The molecule has 4 aliphatic carbocycles. The van der Waals surface area contributed by atoms with E-state index in [2.05, 4.69) is 6.92 Å². The summed E-state index contributed by atoms with van der Waals surface area (Å²) in [7, 11) is 0. The Morgan fingerprint density at radius 3 is 2.06 bits per heavy atom. The SMILES string of the molecule is CCC1(Oc2ccc(C(=O)OC(c3ccccc3)C(F)(F)C(=O)[O-])cc2)C2CC3CC(C2)CC1C3. The molecular weight excluding hydrogens is 454 g/mol. The van der Waals surface area contributed by atoms with Crippen molar-refractivity contribution in [1.29, 1.82) is 0 Å². The summed E-state index contributed by atoms with van der Waals surface area (Å²) < 4.78 is 40.4. The van der Waals surface area contributed by atoms with Gasteiger partial charge in [0, 0.05) is 0 Å². The summed E-state index contributed by atoms with van der Waals surface area (Å²) in [6.45, 7) is 2.18. The fourth-order valence-electron chi connectivity index (χ4n) is 6.94. The lowest BCUT2D eigenvalue weighted by molar-refractivity contribution is -0.336. The maximum atomic E-state index is 14.4. The van der Waals surface area contributed by atoms with Crippen molar-refractivity contribution in [2.75, 3.05) is 0 Å². The van der Waals surface area contributed by atoms with Crippen molar-refractivity contribution in [3.63, 3.8) is 0 Å². The molecule has 0 aliphatic heterocycles. The molecule has 0 spiro atoms. The van der Waals surface area contributed by atoms with Gasteiger partial charge in [0.05, 0.1) is 5.56 Å². The van der Waals surface area contributed by atoms with Gasteiger partial charge in [0.1, 0.15) is 17.3 Å². The molecule has 1 atom stereocenters. The minimum atomic E-state index is -4.40. The van der Waals surface area contributed by atoms with Crippen molar-refractivity contribution in [1.82, 2.24) is 0 Å². The van der Waals surface area contributed by atoms with Crippen LogP contribution in [0.3, 0.4) is 0 Å². The van der Waals surface area contributed by atoms with Gasteiger partial charge in [0.2, 0.25) is 0 Å². The second-order valence-electron chi connectivity index (χ2n) is 10.3. The molecule has 1 unspecified atom stereocenters. The van der Waals surface area contributed by atoms with E-state index >= 15 is 0 Å². The van der Waals surface area contributed by atoms with Gasteiger partial charge in [-0.15, -0.1) is 0 Å². The van der Waals surface area contributed by atoms with Crippen LogP contribution in [-0.4, -0.2) is 23.5 Å². The average Bonchev–Trinajstić information content (AvgIpc) is 2.85. The lowest BCUT2D eigenvalue weighted by Gasteiger charge is -2.60. The van der Waals surface area contributed by atoms with Gasteiger partial charge < -0.3 is 19.4 Å². The molecule has 6 rings (SSSR count). The Morgan fingerprint density at radius 2 is 1.54 bits per heavy atom. The van der Waals surface area contributed by atoms with Gasteiger partial charge in [-0.25, -0.2) is 4.79 Å². The Balaban J connectivity index is 1.33. The number of ether oxygens (including phenoxy) is 2. The highest BCUT2D eigenvalue weighted by Gasteiger charge is 2.58. The molecule has 4 fully saturated rings. The number of hydrogen-bond donors (Lipinski definition) is 0. The Hall–Kier alpha value is -2.96. The fraction of sp³-hybridized carbons (Fsp3) is 0.500. The van der Waals surface area contributed by atoms with E-state index in [1.54, 1.807) is 18.2 Å². The third-order valence-corrected chi connectivity index (χ3v) is 8.40. The minimum absolute atomic E-state index is 0.0306. The van der Waals surface area contributed by atoms with Crippen LogP contribution < -0.4 is 9.84 Å². The molecule has 0 amide bonds. The van der Waals surface area contributed by atoms with Crippen LogP contribution in [0, 0.1) is 23.7 Å². The van der Waals surface area contributed by atoms with Gasteiger partial charge in [0.15, 0.2) is 6.10 Å². The van der Waals surface area contributed by atoms with Crippen molar-refractivity contribution in [3.8, 4) is 5.75 Å². The fourth-order valence-corrected chi connectivity index (χ4v) is 6.94. The van der Waals surface area contributed by atoms with Crippen LogP contribution in [0.5, 0.6) is 5.75 Å². The van der Waals surface area contributed by atoms with Gasteiger partial charge in [-0.1, -0.05) is 37.3 Å². The number of halogens is 2. The van der Waals surface area contributed by atoms with E-state index in [4.69, 9.17) is 9.47 Å². The molecule has 186 valence electrons. The Kier molecular flexibility index (Phi) is 6.06. The number of carbonyl (C=O) groups is 2. The first-order valence-electron chi connectivity index (χ1n) is 12.4. The largest absolute Gasteiger partial charge is 0.544 e. The summed E-state index contributed by atoms with van der Waals surface area (Å²) in [6.07, 6.45) is 4.79. The van der Waals surface area contributed by atoms with Crippen LogP contribution in [0.2, 0.25) is 0 Å². The van der Waals surface area contributed by atoms with Crippen molar-refractivity contribution in [2.24, 2.45) is 23.7 Å². The number of carbonyl (C=O) groups excluding carboxylic acids is 2. The monoisotopic (exact) mass is 483 g/mol. The van der Waals surface area contributed by atoms with Gasteiger partial charge in [0.25, 0.3) is 0 Å². The lowest BCUT2D eigenvalue weighted by Crippen LogP contribution is -2.60. The van der Waals surface area contributed by atoms with Crippen molar-refractivity contribution in [3.05, 3.63) is 65.7 Å². The van der Waals surface area contributed by atoms with Crippen LogP contribution in [-0.2, 0) is 9.53 Å². The maximum absolute atomic E-state index is 14.4. The second-order valence-corrected chi connectivity index (χ2v) is 10.3. The molecule has 0 saturated heterocycles. The first kappa shape index (κ1) is 23.8. The van der Waals surface area contributed by atoms with E-state index in [1.807, 2.05) is 0 Å². The quantitative estimate of drug-likeness (QED) is 0.497. The summed E-state index contributed by atoms with van der Waals surface area (Å²) in [5, 5.41) is 11.1. The first-order valence-corrected chi connectivity index (χ1v) is 12.4. The van der Waals surface area contributed by atoms with Gasteiger partial charge >= 0.3 is 11.9 Å². The summed E-state index contributed by atoms with van der Waals surface area (Å²) in [5.41, 5.74) is -0.311. The zero-order chi connectivity index (χ0) is 24.8. The average molecular weight is 484 g/mol. The van der Waals surface area contributed by atoms with Crippen molar-refractivity contribution < 1.29 is 33.0 Å². The predicted molar refractivity (Wildman–Crippen MR) is 122 cm³/mol. The van der Waals surface area contributed by atoms with Crippen LogP contribution in [0.1, 0.15) is 67.5 Å². The smallest absolute Gasteiger partial charge is 0.338 e. The number of hydrogen-bond acceptors (Lipinski definition) is 5. The van der Waals surface area contributed by atoms with Gasteiger partial charge in [-0.2, -0.15) is 8.78 Å². The molecule has 2 aromatic rings. The number of carboxylic acids is 1. The standard InChI is InChI=1S/C28H30F2O5/c1-2-27(21-13-17-12-18(15-21)16-22(27)14-17)35-23-10-8-20(9-11-23)25(31)34-24(28(29,30)26(32)33)19-6-4-3-5-7-19/h3-11,17-18,21-22,24H,2,12-16H2,1H3,(H,32,33)/p-1. The zero-order valence-electron chi connectivity index (χ0n) is 19.6. The van der Waals surface area contributed by atoms with Gasteiger partial charge in [-0.3, -0.25) is 0 Å². The number of rotatable bonds is 8. The molecule has 0 heterocycles. The highest BCUT2D eigenvalue weighted by atomic mass is 19.3. The van der Waals surface area contributed by atoms with E-state index in [1.165, 1.54) is 68.5 Å². The molecule has 0 N–H and O–H groups in total. The Bertz CT molecular complexity index is 1050. The van der Waals surface area contributed by atoms with E-state index in [0.29, 0.717) is 17.6 Å². The normalized spacial score (nSPS) is 30.0. The third-order valence-electron chi connectivity index (χ3n) is 8.40. The molecule has 0 radical (unpaired) electrons. The molecule has 2 aromatic carbocycles. The zero-order valence-corrected chi connectivity index (χ0v) is 19.6. The topological polar surface area (TPSA) is 75.7 Å². The lowest BCUT2D eigenvalue weighted by atomic mass is 9.49. The first-order chi connectivity index (χ1) is 16.7. The van der Waals surface area contributed by atoms with Crippen molar-refractivity contribution >= 4 is 11.9 Å². The van der Waals surface area contributed by atoms with Gasteiger partial charge in [-0.05, 0) is 92.0 Å². The van der Waals surface area contributed by atoms with Crippen LogP contribution in [0.4, 0.5) is 8.78 Å². The highest BCUT2D eigenvalue weighted by molar-refractivity contribution is 5.90. The van der Waals surface area contributed by atoms with Crippen molar-refractivity contribution in [2.45, 2.75) is 63.1 Å². The summed E-state index contributed by atoms with van der Waals surface area (Å²) in [6, 6.07) is 13.3. The predicted octanol–water partition coefficient (Wildman–Crippen LogP) is 4.95. The molecule has 4 aliphatic rings. The minimum Gasteiger partial charge on any atom is -0.544 e. The summed E-state index contributed by atoms with van der Waals surface area (Å²) >= 11 is 0. The Labute approximate surface area is 203 Å². The molecule has 7 heteroatoms. The number of esters is 1. The van der Waals surface area contributed by atoms with E-state index in [-0.39, 0.29) is 16.7 Å². The van der Waals surface area contributed by atoms with E-state index < -0.39 is 24.0 Å². The molecular formula is C28H29F2O5-. The van der Waals surface area contributed by atoms with Crippen LogP contribution in [0.25, 0.3) is 0 Å². The third kappa shape index (κ3) is 4.19. The number of alkyl halides is 2. The van der Waals surface area contributed by atoms with Crippen LogP contribution in [0.15, 0.2) is 54.6 Å². The summed E-state index contributed by atoms with van der Waals surface area (Å²) in [4.78, 5) is 23.8. The van der Waals surface area contributed by atoms with E-state index in [9.17, 15) is 23.5 Å². The molecule has 35 heavy (non-hydrogen) atoms. The van der Waals surface area contributed by atoms with E-state index in [0.717, 1.165) is 18.3 Å². The Morgan fingerprint density at radius 1 is 0.971 bits per heavy atom. The molecule has 0 aromatic heterocycles. The second kappa shape index (κ2) is 8.92. The maximum Gasteiger partial charge on any atom is 0.338 e. The van der Waals surface area contributed by atoms with Crippen LogP contribution >= 0.6 is 0 Å². The molecule has 5 nitrogen and oxygen atoms in total.